The lowest BCUT2D eigenvalue weighted by Gasteiger charge is -2.21. The lowest BCUT2D eigenvalue weighted by atomic mass is 10.1. The van der Waals surface area contributed by atoms with Gasteiger partial charge in [-0.15, -0.1) is 5.10 Å². The molecule has 2 atom stereocenters. The average Bonchev–Trinajstić information content (AvgIpc) is 2.85. The van der Waals surface area contributed by atoms with Gasteiger partial charge in [-0.3, -0.25) is 4.79 Å². The summed E-state index contributed by atoms with van der Waals surface area (Å²) in [6.07, 6.45) is 2.11. The van der Waals surface area contributed by atoms with Gasteiger partial charge in [0.1, 0.15) is 5.60 Å². The van der Waals surface area contributed by atoms with Crippen LogP contribution in [0.5, 0.6) is 0 Å². The minimum Gasteiger partial charge on any atom is -0.384 e. The van der Waals surface area contributed by atoms with E-state index in [1.807, 2.05) is 0 Å². The summed E-state index contributed by atoms with van der Waals surface area (Å²) in [5.41, 5.74) is 4.87. The molecule has 17 heavy (non-hydrogen) atoms. The molecule has 0 aromatic carbocycles. The second-order valence-corrected chi connectivity index (χ2v) is 4.88. The number of hydrogen-bond acceptors (Lipinski definition) is 5. The van der Waals surface area contributed by atoms with Gasteiger partial charge < -0.3 is 16.2 Å². The number of amides is 1. The number of carbonyl (C=O) groups excluding carboxylic acids is 1. The van der Waals surface area contributed by atoms with E-state index >= 15 is 0 Å². The predicted molar refractivity (Wildman–Crippen MR) is 59.9 cm³/mol. The third-order valence-electron chi connectivity index (χ3n) is 3.00. The molecule has 0 bridgehead atoms. The van der Waals surface area contributed by atoms with Crippen molar-refractivity contribution in [2.75, 3.05) is 6.54 Å². The first-order valence-electron chi connectivity index (χ1n) is 5.55. The molecule has 2 heterocycles. The second kappa shape index (κ2) is 4.08. The van der Waals surface area contributed by atoms with Gasteiger partial charge in [-0.25, -0.2) is 4.68 Å². The number of hydrogen-bond donors (Lipinski definition) is 3. The van der Waals surface area contributed by atoms with E-state index in [1.165, 1.54) is 6.20 Å². The summed E-state index contributed by atoms with van der Waals surface area (Å²) in [6, 6.07) is -0.338. The highest BCUT2D eigenvalue weighted by molar-refractivity contribution is 5.80. The molecule has 0 radical (unpaired) electrons. The number of nitrogens with two attached hydrogens (primary N) is 1. The topological polar surface area (TPSA) is 106 Å². The maximum Gasteiger partial charge on any atom is 0.234 e. The van der Waals surface area contributed by atoms with E-state index in [2.05, 4.69) is 15.6 Å². The van der Waals surface area contributed by atoms with Crippen molar-refractivity contribution in [3.8, 4) is 0 Å². The second-order valence-electron chi connectivity index (χ2n) is 4.88. The van der Waals surface area contributed by atoms with E-state index in [1.54, 1.807) is 18.5 Å². The average molecular weight is 239 g/mol. The fraction of sp³-hybridized carbons (Fsp3) is 0.700. The summed E-state index contributed by atoms with van der Waals surface area (Å²) in [6.45, 7) is 3.95. The van der Waals surface area contributed by atoms with Crippen LogP contribution in [0.4, 0.5) is 0 Å². The summed E-state index contributed by atoms with van der Waals surface area (Å²) < 4.78 is 1.66. The van der Waals surface area contributed by atoms with Crippen LogP contribution in [0.2, 0.25) is 0 Å². The van der Waals surface area contributed by atoms with Crippen LogP contribution in [-0.2, 0) is 10.4 Å². The van der Waals surface area contributed by atoms with Crippen molar-refractivity contribution in [2.45, 2.75) is 38.0 Å². The number of nitrogens with one attached hydrogen (secondary N) is 1. The van der Waals surface area contributed by atoms with Gasteiger partial charge in [0.25, 0.3) is 0 Å². The molecular weight excluding hydrogens is 222 g/mol. The number of primary amides is 1. The van der Waals surface area contributed by atoms with Crippen molar-refractivity contribution in [3.05, 3.63) is 11.9 Å². The lowest BCUT2D eigenvalue weighted by molar-refractivity contribution is -0.119. The van der Waals surface area contributed by atoms with Crippen LogP contribution in [0.15, 0.2) is 6.20 Å². The molecule has 94 valence electrons. The standard InChI is InChI=1S/C10H17N5O2/c1-10(2,17)8-5-13-14-15(8)6-3-7(9(11)16)12-4-6/h5-7,12,17H,3-4H2,1-2H3,(H2,11,16). The zero-order valence-corrected chi connectivity index (χ0v) is 9.92. The molecule has 0 spiro atoms. The first-order chi connectivity index (χ1) is 7.89. The van der Waals surface area contributed by atoms with E-state index in [4.69, 9.17) is 5.73 Å². The third-order valence-corrected chi connectivity index (χ3v) is 3.00. The zero-order chi connectivity index (χ0) is 12.6. The van der Waals surface area contributed by atoms with E-state index in [0.717, 1.165) is 0 Å². The van der Waals surface area contributed by atoms with E-state index in [-0.39, 0.29) is 18.0 Å². The minimum absolute atomic E-state index is 0.00331. The molecule has 0 aliphatic carbocycles. The molecule has 2 unspecified atom stereocenters. The summed E-state index contributed by atoms with van der Waals surface area (Å²) in [4.78, 5) is 11.1. The highest BCUT2D eigenvalue weighted by Gasteiger charge is 2.33. The molecule has 1 aromatic rings. The van der Waals surface area contributed by atoms with Crippen LogP contribution >= 0.6 is 0 Å². The minimum atomic E-state index is -1.01. The van der Waals surface area contributed by atoms with Crippen LogP contribution in [0.25, 0.3) is 0 Å². The van der Waals surface area contributed by atoms with E-state index in [0.29, 0.717) is 18.7 Å². The summed E-state index contributed by atoms with van der Waals surface area (Å²) in [7, 11) is 0. The number of aromatic nitrogens is 3. The van der Waals surface area contributed by atoms with Gasteiger partial charge in [0.2, 0.25) is 5.91 Å². The third kappa shape index (κ3) is 2.29. The molecule has 0 saturated carbocycles. The Hall–Kier alpha value is -1.47. The smallest absolute Gasteiger partial charge is 0.234 e. The molecule has 1 aromatic heterocycles. The van der Waals surface area contributed by atoms with Gasteiger partial charge in [0.05, 0.1) is 24.0 Å². The van der Waals surface area contributed by atoms with E-state index in [9.17, 15) is 9.90 Å². The van der Waals surface area contributed by atoms with Gasteiger partial charge in [-0.2, -0.15) is 0 Å². The molecule has 4 N–H and O–H groups in total. The largest absolute Gasteiger partial charge is 0.384 e. The maximum atomic E-state index is 11.1. The zero-order valence-electron chi connectivity index (χ0n) is 9.92. The Bertz CT molecular complexity index is 423. The predicted octanol–water partition coefficient (Wildman–Crippen LogP) is -1.11. The fourth-order valence-electron chi connectivity index (χ4n) is 2.07. The van der Waals surface area contributed by atoms with Crippen molar-refractivity contribution < 1.29 is 9.90 Å². The van der Waals surface area contributed by atoms with Crippen molar-refractivity contribution >= 4 is 5.91 Å². The Morgan fingerprint density at radius 3 is 2.94 bits per heavy atom. The first-order valence-corrected chi connectivity index (χ1v) is 5.55. The van der Waals surface area contributed by atoms with E-state index < -0.39 is 5.60 Å². The Morgan fingerprint density at radius 2 is 2.41 bits per heavy atom. The van der Waals surface area contributed by atoms with Crippen molar-refractivity contribution in [2.24, 2.45) is 5.73 Å². The van der Waals surface area contributed by atoms with Crippen molar-refractivity contribution in [3.63, 3.8) is 0 Å². The van der Waals surface area contributed by atoms with Crippen molar-refractivity contribution in [1.82, 2.24) is 20.3 Å². The number of carbonyl (C=O) groups is 1. The highest BCUT2D eigenvalue weighted by Crippen LogP contribution is 2.25. The first kappa shape index (κ1) is 12.0. The van der Waals surface area contributed by atoms with Crippen LogP contribution < -0.4 is 11.1 Å². The maximum absolute atomic E-state index is 11.1. The van der Waals surface area contributed by atoms with Gasteiger partial charge in [-0.1, -0.05) is 5.21 Å². The van der Waals surface area contributed by atoms with Gasteiger partial charge in [0, 0.05) is 6.54 Å². The molecule has 7 nitrogen and oxygen atoms in total. The molecule has 7 heteroatoms. The van der Waals surface area contributed by atoms with Crippen LogP contribution in [0.1, 0.15) is 32.0 Å². The Morgan fingerprint density at radius 1 is 1.71 bits per heavy atom. The normalized spacial score (nSPS) is 25.1. The van der Waals surface area contributed by atoms with Crippen molar-refractivity contribution in [1.29, 1.82) is 0 Å². The fourth-order valence-corrected chi connectivity index (χ4v) is 2.07. The molecule has 1 aliphatic heterocycles. The molecule has 1 amide bonds. The Balaban J connectivity index is 2.20. The van der Waals surface area contributed by atoms with Crippen LogP contribution in [-0.4, -0.2) is 38.6 Å². The number of aliphatic hydroxyl groups is 1. The molecule has 1 aliphatic rings. The number of nitrogens with zero attached hydrogens (tertiary/aromatic N) is 3. The quantitative estimate of drug-likeness (QED) is 0.620. The molecule has 1 saturated heterocycles. The summed E-state index contributed by atoms with van der Waals surface area (Å²) in [5, 5.41) is 20.8. The van der Waals surface area contributed by atoms with Crippen LogP contribution in [0, 0.1) is 0 Å². The Labute approximate surface area is 99.0 Å². The number of rotatable bonds is 3. The molecule has 1 fully saturated rings. The summed E-state index contributed by atoms with van der Waals surface area (Å²) in [5.74, 6) is -0.363. The van der Waals surface area contributed by atoms with Gasteiger partial charge >= 0.3 is 0 Å². The lowest BCUT2D eigenvalue weighted by Crippen LogP contribution is -2.36. The van der Waals surface area contributed by atoms with Crippen LogP contribution in [0.3, 0.4) is 0 Å². The Kier molecular flexibility index (Phi) is 2.88. The molecular formula is C10H17N5O2. The SMILES string of the molecule is CC(C)(O)c1cnnn1C1CNC(C(N)=O)C1. The van der Waals surface area contributed by atoms with Gasteiger partial charge in [0.15, 0.2) is 0 Å². The molecule has 2 rings (SSSR count). The highest BCUT2D eigenvalue weighted by atomic mass is 16.3. The summed E-state index contributed by atoms with van der Waals surface area (Å²) >= 11 is 0. The van der Waals surface area contributed by atoms with Gasteiger partial charge in [-0.05, 0) is 20.3 Å². The monoisotopic (exact) mass is 239 g/mol.